The molecule has 0 atom stereocenters. The second-order valence-electron chi connectivity index (χ2n) is 6.27. The van der Waals surface area contributed by atoms with Gasteiger partial charge in [0.15, 0.2) is 12.1 Å². The first-order valence-corrected chi connectivity index (χ1v) is 8.50. The van der Waals surface area contributed by atoms with E-state index in [-0.39, 0.29) is 12.1 Å². The van der Waals surface area contributed by atoms with Crippen molar-refractivity contribution in [1.29, 1.82) is 0 Å². The summed E-state index contributed by atoms with van der Waals surface area (Å²) in [5.41, 5.74) is 0.469. The molecule has 0 amide bonds. The van der Waals surface area contributed by atoms with Gasteiger partial charge in [-0.1, -0.05) is 30.7 Å². The first kappa shape index (κ1) is 17.8. The number of Topliss-reactive ketones (excluding diaryl/α,β-unsaturated/α-hetero) is 1. The van der Waals surface area contributed by atoms with Crippen LogP contribution in [-0.2, 0) is 14.3 Å². The number of carbonyl (C=O) groups is 1. The van der Waals surface area contributed by atoms with Gasteiger partial charge in [0.05, 0.1) is 18.6 Å². The molecule has 0 bridgehead atoms. The van der Waals surface area contributed by atoms with Crippen LogP contribution in [0.4, 0.5) is 0 Å². The fraction of sp³-hybridized carbons (Fsp3) is 0.389. The van der Waals surface area contributed by atoms with Gasteiger partial charge in [-0.3, -0.25) is 4.79 Å². The molecule has 1 aromatic heterocycles. The molecule has 0 spiro atoms. The Morgan fingerprint density at radius 3 is 2.60 bits per heavy atom. The van der Waals surface area contributed by atoms with Crippen LogP contribution in [0.5, 0.6) is 0 Å². The van der Waals surface area contributed by atoms with Gasteiger partial charge in [0.25, 0.3) is 0 Å². The van der Waals surface area contributed by atoms with Crippen molar-refractivity contribution in [3.63, 3.8) is 0 Å². The van der Waals surface area contributed by atoms with E-state index in [4.69, 9.17) is 21.1 Å². The molecule has 0 N–H and O–H groups in total. The van der Waals surface area contributed by atoms with Crippen molar-refractivity contribution in [2.75, 3.05) is 13.2 Å². The van der Waals surface area contributed by atoms with Crippen molar-refractivity contribution < 1.29 is 14.3 Å². The number of hydrogen-bond donors (Lipinski definition) is 0. The van der Waals surface area contributed by atoms with Crippen molar-refractivity contribution >= 4 is 29.2 Å². The minimum atomic E-state index is -0.782. The van der Waals surface area contributed by atoms with Gasteiger partial charge >= 0.3 is 0 Å². The zero-order valence-corrected chi connectivity index (χ0v) is 14.9. The predicted molar refractivity (Wildman–Crippen MR) is 94.7 cm³/mol. The zero-order chi connectivity index (χ0) is 17.9. The molecule has 1 aliphatic rings. The molecule has 1 aliphatic heterocycles. The topological polar surface area (TPSA) is 66.2 Å². The normalized spacial score (nSPS) is 24.3. The standard InChI is InChI=1S/C18H20ClN3O3/c1-3-16-24-9-18(2,10-25-16)17(23)15(22-12-20-11-21-22)8-13-4-6-14(19)7-5-13/h4-8,11-12,16H,3,9-10H2,1-2H3. The van der Waals surface area contributed by atoms with Crippen LogP contribution in [0.1, 0.15) is 25.8 Å². The lowest BCUT2D eigenvalue weighted by molar-refractivity contribution is -0.221. The SMILES string of the molecule is CCC1OCC(C)(C(=O)C(=Cc2ccc(Cl)cc2)n2cncn2)CO1. The van der Waals surface area contributed by atoms with Gasteiger partial charge in [0.1, 0.15) is 18.4 Å². The maximum absolute atomic E-state index is 13.2. The molecule has 1 saturated heterocycles. The number of allylic oxidation sites excluding steroid dienone is 1. The smallest absolute Gasteiger partial charge is 0.191 e. The van der Waals surface area contributed by atoms with E-state index in [0.29, 0.717) is 23.9 Å². The molecule has 1 fully saturated rings. The summed E-state index contributed by atoms with van der Waals surface area (Å²) in [7, 11) is 0. The number of nitrogens with zero attached hydrogens (tertiary/aromatic N) is 3. The van der Waals surface area contributed by atoms with Gasteiger partial charge in [0.2, 0.25) is 0 Å². The minimum Gasteiger partial charge on any atom is -0.352 e. The Hall–Kier alpha value is -2.02. The first-order valence-electron chi connectivity index (χ1n) is 8.12. The van der Waals surface area contributed by atoms with E-state index in [9.17, 15) is 4.79 Å². The van der Waals surface area contributed by atoms with Crippen molar-refractivity contribution in [2.24, 2.45) is 5.41 Å². The molecule has 132 valence electrons. The van der Waals surface area contributed by atoms with Crippen molar-refractivity contribution in [1.82, 2.24) is 14.8 Å². The number of aromatic nitrogens is 3. The van der Waals surface area contributed by atoms with E-state index >= 15 is 0 Å². The number of ketones is 1. The first-order chi connectivity index (χ1) is 12.0. The van der Waals surface area contributed by atoms with Gasteiger partial charge < -0.3 is 9.47 Å². The Balaban J connectivity index is 1.92. The number of rotatable bonds is 5. The third kappa shape index (κ3) is 3.98. The van der Waals surface area contributed by atoms with E-state index < -0.39 is 5.41 Å². The summed E-state index contributed by atoms with van der Waals surface area (Å²) in [6.07, 6.45) is 5.16. The highest BCUT2D eigenvalue weighted by atomic mass is 35.5. The van der Waals surface area contributed by atoms with E-state index in [0.717, 1.165) is 12.0 Å². The summed E-state index contributed by atoms with van der Waals surface area (Å²) in [6, 6.07) is 7.24. The Morgan fingerprint density at radius 2 is 2.04 bits per heavy atom. The summed E-state index contributed by atoms with van der Waals surface area (Å²) in [4.78, 5) is 17.2. The number of benzene rings is 1. The van der Waals surface area contributed by atoms with Crippen LogP contribution < -0.4 is 0 Å². The zero-order valence-electron chi connectivity index (χ0n) is 14.2. The second kappa shape index (κ2) is 7.47. The number of ether oxygens (including phenoxy) is 2. The highest BCUT2D eigenvalue weighted by molar-refractivity contribution is 6.30. The summed E-state index contributed by atoms with van der Waals surface area (Å²) >= 11 is 5.93. The van der Waals surface area contributed by atoms with Crippen LogP contribution in [0.2, 0.25) is 5.02 Å². The molecule has 2 heterocycles. The monoisotopic (exact) mass is 361 g/mol. The maximum atomic E-state index is 13.2. The second-order valence-corrected chi connectivity index (χ2v) is 6.71. The molecular weight excluding hydrogens is 342 g/mol. The largest absolute Gasteiger partial charge is 0.352 e. The van der Waals surface area contributed by atoms with E-state index in [1.165, 1.54) is 17.3 Å². The number of hydrogen-bond acceptors (Lipinski definition) is 5. The molecule has 2 aromatic rings. The highest BCUT2D eigenvalue weighted by Crippen LogP contribution is 2.31. The predicted octanol–water partition coefficient (Wildman–Crippen LogP) is 3.29. The van der Waals surface area contributed by atoms with E-state index in [1.807, 2.05) is 26.0 Å². The van der Waals surface area contributed by atoms with Gasteiger partial charge in [-0.15, -0.1) is 0 Å². The van der Waals surface area contributed by atoms with Gasteiger partial charge in [-0.05, 0) is 37.1 Å². The highest BCUT2D eigenvalue weighted by Gasteiger charge is 2.41. The fourth-order valence-electron chi connectivity index (χ4n) is 2.60. The van der Waals surface area contributed by atoms with Crippen molar-refractivity contribution in [3.05, 3.63) is 47.5 Å². The van der Waals surface area contributed by atoms with Crippen LogP contribution in [-0.4, -0.2) is 40.1 Å². The van der Waals surface area contributed by atoms with Gasteiger partial charge in [0, 0.05) is 5.02 Å². The summed E-state index contributed by atoms with van der Waals surface area (Å²) in [5.74, 6) is -0.109. The lowest BCUT2D eigenvalue weighted by Gasteiger charge is -2.36. The Kier molecular flexibility index (Phi) is 5.32. The molecule has 6 nitrogen and oxygen atoms in total. The van der Waals surface area contributed by atoms with Crippen molar-refractivity contribution in [2.45, 2.75) is 26.6 Å². The average molecular weight is 362 g/mol. The van der Waals surface area contributed by atoms with E-state index in [1.54, 1.807) is 18.2 Å². The number of halogens is 1. The molecule has 0 radical (unpaired) electrons. The lowest BCUT2D eigenvalue weighted by Crippen LogP contribution is -2.45. The summed E-state index contributed by atoms with van der Waals surface area (Å²) in [6.45, 7) is 4.43. The van der Waals surface area contributed by atoms with E-state index in [2.05, 4.69) is 10.1 Å². The Morgan fingerprint density at radius 1 is 1.36 bits per heavy atom. The maximum Gasteiger partial charge on any atom is 0.191 e. The lowest BCUT2D eigenvalue weighted by atomic mass is 9.84. The molecular formula is C18H20ClN3O3. The quantitative estimate of drug-likeness (QED) is 0.764. The summed E-state index contributed by atoms with van der Waals surface area (Å²) in [5, 5.41) is 4.75. The van der Waals surface area contributed by atoms with Crippen LogP contribution in [0, 0.1) is 5.41 Å². The molecule has 1 aromatic carbocycles. The van der Waals surface area contributed by atoms with Gasteiger partial charge in [-0.25, -0.2) is 9.67 Å². The summed E-state index contributed by atoms with van der Waals surface area (Å²) < 4.78 is 12.8. The van der Waals surface area contributed by atoms with Crippen molar-refractivity contribution in [3.8, 4) is 0 Å². The molecule has 0 saturated carbocycles. The molecule has 3 rings (SSSR count). The average Bonchev–Trinajstić information content (AvgIpc) is 3.16. The fourth-order valence-corrected chi connectivity index (χ4v) is 2.73. The van der Waals surface area contributed by atoms with Crippen LogP contribution in [0.15, 0.2) is 36.9 Å². The Bertz CT molecular complexity index is 748. The van der Waals surface area contributed by atoms with Crippen LogP contribution >= 0.6 is 11.6 Å². The minimum absolute atomic E-state index is 0.109. The molecule has 0 aliphatic carbocycles. The van der Waals surface area contributed by atoms with Crippen LogP contribution in [0.25, 0.3) is 11.8 Å². The Labute approximate surface area is 151 Å². The molecule has 0 unspecified atom stereocenters. The molecule has 7 heteroatoms. The van der Waals surface area contributed by atoms with Gasteiger partial charge in [-0.2, -0.15) is 5.10 Å². The third-order valence-corrected chi connectivity index (χ3v) is 4.38. The van der Waals surface area contributed by atoms with Crippen LogP contribution in [0.3, 0.4) is 0 Å². The molecule has 25 heavy (non-hydrogen) atoms. The third-order valence-electron chi connectivity index (χ3n) is 4.13. The number of carbonyl (C=O) groups excluding carboxylic acids is 1.